The second-order valence-corrected chi connectivity index (χ2v) is 6.31. The molecular formula is C21H29N2O2+. The van der Waals surface area contributed by atoms with Crippen LogP contribution in [0.15, 0.2) is 48.5 Å². The van der Waals surface area contributed by atoms with E-state index in [4.69, 9.17) is 4.74 Å². The molecule has 0 bridgehead atoms. The van der Waals surface area contributed by atoms with Crippen LogP contribution in [0.1, 0.15) is 43.4 Å². The molecule has 134 valence electrons. The lowest BCUT2D eigenvalue weighted by atomic mass is 10.1. The number of benzene rings is 2. The van der Waals surface area contributed by atoms with E-state index in [0.717, 1.165) is 29.8 Å². The maximum absolute atomic E-state index is 13.0. The number of hydrogen-bond donors (Lipinski definition) is 2. The number of ether oxygens (including phenoxy) is 1. The van der Waals surface area contributed by atoms with Gasteiger partial charge in [-0.1, -0.05) is 49.7 Å². The standard InChI is InChI=1S/C21H28N2O2/c1-4-5-9-14-22-20(17-10-7-6-8-11-17)21(24)23-18-15-16(2)12-13-19(18)25-3/h6-8,10-13,15,20,22H,4-5,9,14H2,1-3H3,(H,23,24)/p+1/t20-/m0/s1. The van der Waals surface area contributed by atoms with Crippen molar-refractivity contribution < 1.29 is 14.8 Å². The molecule has 4 heteroatoms. The molecule has 0 saturated heterocycles. The topological polar surface area (TPSA) is 54.9 Å². The molecule has 25 heavy (non-hydrogen) atoms. The molecule has 0 spiro atoms. The second kappa shape index (κ2) is 9.84. The number of rotatable bonds is 9. The molecule has 1 atom stereocenters. The van der Waals surface area contributed by atoms with Gasteiger partial charge in [0.2, 0.25) is 0 Å². The number of amides is 1. The van der Waals surface area contributed by atoms with Crippen LogP contribution in [0.4, 0.5) is 5.69 Å². The van der Waals surface area contributed by atoms with Crippen LogP contribution >= 0.6 is 0 Å². The van der Waals surface area contributed by atoms with Gasteiger partial charge >= 0.3 is 0 Å². The molecule has 1 amide bonds. The Bertz CT molecular complexity index is 671. The summed E-state index contributed by atoms with van der Waals surface area (Å²) in [4.78, 5) is 13.0. The summed E-state index contributed by atoms with van der Waals surface area (Å²) in [5.41, 5.74) is 2.82. The predicted molar refractivity (Wildman–Crippen MR) is 102 cm³/mol. The summed E-state index contributed by atoms with van der Waals surface area (Å²) in [6.45, 7) is 5.12. The largest absolute Gasteiger partial charge is 0.495 e. The number of carbonyl (C=O) groups excluding carboxylic acids is 1. The third-order valence-corrected chi connectivity index (χ3v) is 4.26. The number of aryl methyl sites for hydroxylation is 1. The quantitative estimate of drug-likeness (QED) is 0.687. The van der Waals surface area contributed by atoms with Gasteiger partial charge in [0.15, 0.2) is 6.04 Å². The number of hydrogen-bond acceptors (Lipinski definition) is 2. The highest BCUT2D eigenvalue weighted by Crippen LogP contribution is 2.26. The fourth-order valence-electron chi connectivity index (χ4n) is 2.86. The molecule has 0 heterocycles. The number of carbonyl (C=O) groups is 1. The smallest absolute Gasteiger partial charge is 0.287 e. The van der Waals surface area contributed by atoms with E-state index < -0.39 is 0 Å². The van der Waals surface area contributed by atoms with Crippen LogP contribution in [0.3, 0.4) is 0 Å². The van der Waals surface area contributed by atoms with Crippen LogP contribution in [0.25, 0.3) is 0 Å². The van der Waals surface area contributed by atoms with Crippen molar-refractivity contribution in [2.24, 2.45) is 0 Å². The Morgan fingerprint density at radius 2 is 1.92 bits per heavy atom. The number of methoxy groups -OCH3 is 1. The van der Waals surface area contributed by atoms with Crippen LogP contribution in [0, 0.1) is 6.92 Å². The number of anilines is 1. The van der Waals surface area contributed by atoms with Crippen LogP contribution in [-0.2, 0) is 4.79 Å². The first kappa shape index (κ1) is 19.0. The summed E-state index contributed by atoms with van der Waals surface area (Å²) in [5.74, 6) is 0.656. The van der Waals surface area contributed by atoms with Crippen LogP contribution < -0.4 is 15.4 Å². The van der Waals surface area contributed by atoms with Gasteiger partial charge in [0.05, 0.1) is 19.3 Å². The molecular weight excluding hydrogens is 312 g/mol. The number of nitrogens with two attached hydrogens (primary N) is 1. The molecule has 0 aliphatic rings. The molecule has 2 aromatic rings. The lowest BCUT2D eigenvalue weighted by Gasteiger charge is -2.17. The summed E-state index contributed by atoms with van der Waals surface area (Å²) < 4.78 is 5.37. The van der Waals surface area contributed by atoms with Gasteiger partial charge in [-0.3, -0.25) is 4.79 Å². The number of nitrogens with one attached hydrogen (secondary N) is 1. The van der Waals surface area contributed by atoms with Gasteiger partial charge in [-0.25, -0.2) is 0 Å². The van der Waals surface area contributed by atoms with E-state index in [-0.39, 0.29) is 11.9 Å². The van der Waals surface area contributed by atoms with E-state index in [1.54, 1.807) is 7.11 Å². The normalized spacial score (nSPS) is 11.8. The maximum Gasteiger partial charge on any atom is 0.287 e. The Morgan fingerprint density at radius 1 is 1.16 bits per heavy atom. The molecule has 0 unspecified atom stereocenters. The van der Waals surface area contributed by atoms with E-state index >= 15 is 0 Å². The first-order valence-electron chi connectivity index (χ1n) is 8.99. The summed E-state index contributed by atoms with van der Waals surface area (Å²) in [7, 11) is 1.62. The highest BCUT2D eigenvalue weighted by Gasteiger charge is 2.24. The lowest BCUT2D eigenvalue weighted by Crippen LogP contribution is -2.87. The molecule has 0 fully saturated rings. The summed E-state index contributed by atoms with van der Waals surface area (Å²) in [6, 6.07) is 15.5. The fraction of sp³-hybridized carbons (Fsp3) is 0.381. The van der Waals surface area contributed by atoms with E-state index in [1.165, 1.54) is 12.8 Å². The molecule has 0 aliphatic heterocycles. The average Bonchev–Trinajstić information content (AvgIpc) is 2.62. The SMILES string of the molecule is CCCCC[NH2+][C@H](C(=O)Nc1cc(C)ccc1OC)c1ccccc1. The van der Waals surface area contributed by atoms with Crippen LogP contribution in [-0.4, -0.2) is 19.6 Å². The highest BCUT2D eigenvalue weighted by molar-refractivity contribution is 5.95. The van der Waals surface area contributed by atoms with Crippen molar-refractivity contribution in [3.63, 3.8) is 0 Å². The first-order chi connectivity index (χ1) is 12.2. The molecule has 0 aliphatic carbocycles. The Balaban J connectivity index is 2.16. The summed E-state index contributed by atoms with van der Waals surface area (Å²) in [5, 5.41) is 5.17. The monoisotopic (exact) mass is 341 g/mol. The van der Waals surface area contributed by atoms with Gasteiger partial charge in [0, 0.05) is 5.56 Å². The Hall–Kier alpha value is -2.33. The molecule has 2 aromatic carbocycles. The van der Waals surface area contributed by atoms with Gasteiger partial charge in [0.1, 0.15) is 5.75 Å². The minimum Gasteiger partial charge on any atom is -0.495 e. The van der Waals surface area contributed by atoms with Crippen molar-refractivity contribution in [3.8, 4) is 5.75 Å². The Kier molecular flexibility index (Phi) is 7.48. The molecule has 0 aromatic heterocycles. The lowest BCUT2D eigenvalue weighted by molar-refractivity contribution is -0.682. The zero-order chi connectivity index (χ0) is 18.1. The molecule has 4 nitrogen and oxygen atoms in total. The van der Waals surface area contributed by atoms with Crippen molar-refractivity contribution in [2.75, 3.05) is 19.0 Å². The zero-order valence-electron chi connectivity index (χ0n) is 15.4. The van der Waals surface area contributed by atoms with Gasteiger partial charge < -0.3 is 15.4 Å². The predicted octanol–water partition coefficient (Wildman–Crippen LogP) is 3.44. The molecule has 0 saturated carbocycles. The maximum atomic E-state index is 13.0. The number of unbranched alkanes of at least 4 members (excludes halogenated alkanes) is 2. The fourth-order valence-corrected chi connectivity index (χ4v) is 2.86. The Labute approximate surface area is 150 Å². The number of quaternary nitrogens is 1. The summed E-state index contributed by atoms with van der Waals surface area (Å²) >= 11 is 0. The highest BCUT2D eigenvalue weighted by atomic mass is 16.5. The minimum absolute atomic E-state index is 0.0217. The van der Waals surface area contributed by atoms with Crippen LogP contribution in [0.5, 0.6) is 5.75 Å². The third kappa shape index (κ3) is 5.61. The minimum atomic E-state index is -0.261. The van der Waals surface area contributed by atoms with Crippen molar-refractivity contribution in [3.05, 3.63) is 59.7 Å². The Morgan fingerprint density at radius 3 is 2.60 bits per heavy atom. The van der Waals surface area contributed by atoms with Gasteiger partial charge in [-0.05, 0) is 37.5 Å². The molecule has 0 radical (unpaired) electrons. The van der Waals surface area contributed by atoms with Crippen molar-refractivity contribution >= 4 is 11.6 Å². The van der Waals surface area contributed by atoms with E-state index in [1.807, 2.05) is 55.5 Å². The van der Waals surface area contributed by atoms with Crippen molar-refractivity contribution in [1.29, 1.82) is 0 Å². The first-order valence-corrected chi connectivity index (χ1v) is 8.99. The molecule has 3 N–H and O–H groups in total. The van der Waals surface area contributed by atoms with E-state index in [2.05, 4.69) is 17.6 Å². The average molecular weight is 341 g/mol. The van der Waals surface area contributed by atoms with Gasteiger partial charge in [-0.15, -0.1) is 0 Å². The van der Waals surface area contributed by atoms with Gasteiger partial charge in [0.25, 0.3) is 5.91 Å². The molecule has 2 rings (SSSR count). The third-order valence-electron chi connectivity index (χ3n) is 4.26. The second-order valence-electron chi connectivity index (χ2n) is 6.31. The van der Waals surface area contributed by atoms with Crippen molar-refractivity contribution in [1.82, 2.24) is 0 Å². The van der Waals surface area contributed by atoms with E-state index in [0.29, 0.717) is 5.75 Å². The van der Waals surface area contributed by atoms with Crippen LogP contribution in [0.2, 0.25) is 0 Å². The zero-order valence-corrected chi connectivity index (χ0v) is 15.4. The van der Waals surface area contributed by atoms with Gasteiger partial charge in [-0.2, -0.15) is 0 Å². The van der Waals surface area contributed by atoms with Crippen molar-refractivity contribution in [2.45, 2.75) is 39.2 Å². The summed E-state index contributed by atoms with van der Waals surface area (Å²) in [6.07, 6.45) is 3.47. The van der Waals surface area contributed by atoms with E-state index in [9.17, 15) is 4.79 Å².